The molecule has 0 aliphatic heterocycles. The molecule has 2 heterocycles. The molecule has 1 aromatic carbocycles. The number of aromatic amines is 1. The zero-order valence-corrected chi connectivity index (χ0v) is 16.0. The molecule has 13 heteroatoms. The maximum atomic E-state index is 12.5. The topological polar surface area (TPSA) is 173 Å². The first-order valence-electron chi connectivity index (χ1n) is 8.10. The van der Waals surface area contributed by atoms with Gasteiger partial charge in [-0.05, 0) is 44.2 Å². The van der Waals surface area contributed by atoms with Crippen LogP contribution >= 0.6 is 0 Å². The standard InChI is InChI=1S/C16H15N7O5S/c1-9-7-10(2)19-16(18-9)22-29(27,28)12-5-3-11(4-6-12)20-15(24)14-13(23(25)26)8-17-21-14/h3-8H,1-2H3,(H,17,21)(H,20,24)(H,18,19,22). The number of sulfonamides is 1. The van der Waals surface area contributed by atoms with E-state index in [4.69, 9.17) is 0 Å². The number of rotatable bonds is 6. The average molecular weight is 417 g/mol. The van der Waals surface area contributed by atoms with Crippen LogP contribution in [0.25, 0.3) is 0 Å². The first-order chi connectivity index (χ1) is 13.7. The van der Waals surface area contributed by atoms with Gasteiger partial charge in [-0.3, -0.25) is 20.0 Å². The third kappa shape index (κ3) is 4.52. The van der Waals surface area contributed by atoms with Crippen molar-refractivity contribution in [1.82, 2.24) is 20.2 Å². The van der Waals surface area contributed by atoms with Crippen molar-refractivity contribution >= 4 is 33.3 Å². The number of hydrogen-bond donors (Lipinski definition) is 3. The summed E-state index contributed by atoms with van der Waals surface area (Å²) in [5, 5.41) is 19.0. The van der Waals surface area contributed by atoms with E-state index >= 15 is 0 Å². The predicted molar refractivity (Wildman–Crippen MR) is 102 cm³/mol. The average Bonchev–Trinajstić information content (AvgIpc) is 3.11. The molecule has 1 amide bonds. The lowest BCUT2D eigenvalue weighted by Gasteiger charge is -2.09. The molecule has 0 aliphatic rings. The molecule has 0 saturated heterocycles. The number of aromatic nitrogens is 4. The van der Waals surface area contributed by atoms with Crippen LogP contribution in [0.3, 0.4) is 0 Å². The van der Waals surface area contributed by atoms with E-state index in [1.165, 1.54) is 24.3 Å². The number of nitro groups is 1. The Kier molecular flexibility index (Phi) is 5.23. The molecule has 0 radical (unpaired) electrons. The monoisotopic (exact) mass is 417 g/mol. The Labute approximate surface area is 164 Å². The lowest BCUT2D eigenvalue weighted by molar-refractivity contribution is -0.385. The van der Waals surface area contributed by atoms with Gasteiger partial charge < -0.3 is 5.32 Å². The van der Waals surface area contributed by atoms with Crippen LogP contribution in [0.1, 0.15) is 21.9 Å². The van der Waals surface area contributed by atoms with E-state index < -0.39 is 26.5 Å². The van der Waals surface area contributed by atoms with E-state index in [1.54, 1.807) is 19.9 Å². The molecule has 29 heavy (non-hydrogen) atoms. The van der Waals surface area contributed by atoms with Crippen LogP contribution in [0.2, 0.25) is 0 Å². The van der Waals surface area contributed by atoms with Crippen molar-refractivity contribution in [3.05, 3.63) is 63.7 Å². The Hall–Kier alpha value is -3.87. The zero-order chi connectivity index (χ0) is 21.2. The first kappa shape index (κ1) is 19.9. The molecule has 3 N–H and O–H groups in total. The van der Waals surface area contributed by atoms with Gasteiger partial charge in [0, 0.05) is 17.1 Å². The van der Waals surface area contributed by atoms with Crippen molar-refractivity contribution in [2.24, 2.45) is 0 Å². The lowest BCUT2D eigenvalue weighted by Crippen LogP contribution is -2.16. The smallest absolute Gasteiger partial charge is 0.319 e. The summed E-state index contributed by atoms with van der Waals surface area (Å²) in [6, 6.07) is 6.93. The molecule has 0 saturated carbocycles. The number of amides is 1. The van der Waals surface area contributed by atoms with E-state index in [0.717, 1.165) is 6.20 Å². The van der Waals surface area contributed by atoms with Crippen LogP contribution in [0.5, 0.6) is 0 Å². The zero-order valence-electron chi connectivity index (χ0n) is 15.2. The summed E-state index contributed by atoms with van der Waals surface area (Å²) in [5.74, 6) is -0.835. The van der Waals surface area contributed by atoms with Crippen LogP contribution in [-0.2, 0) is 10.0 Å². The highest BCUT2D eigenvalue weighted by molar-refractivity contribution is 7.92. The van der Waals surface area contributed by atoms with Crippen LogP contribution in [0, 0.1) is 24.0 Å². The first-order valence-corrected chi connectivity index (χ1v) is 9.58. The Bertz CT molecular complexity index is 1170. The molecule has 0 fully saturated rings. The molecular formula is C16H15N7O5S. The van der Waals surface area contributed by atoms with Crippen molar-refractivity contribution in [2.75, 3.05) is 10.0 Å². The van der Waals surface area contributed by atoms with Gasteiger partial charge in [-0.25, -0.2) is 23.1 Å². The molecule has 2 aromatic heterocycles. The second-order valence-corrected chi connectivity index (χ2v) is 7.63. The highest BCUT2D eigenvalue weighted by atomic mass is 32.2. The Morgan fingerprint density at radius 2 is 1.76 bits per heavy atom. The maximum Gasteiger partial charge on any atom is 0.319 e. The van der Waals surface area contributed by atoms with E-state index in [-0.39, 0.29) is 22.2 Å². The number of benzene rings is 1. The molecule has 150 valence electrons. The number of nitrogens with zero attached hydrogens (tertiary/aromatic N) is 4. The summed E-state index contributed by atoms with van der Waals surface area (Å²) >= 11 is 0. The summed E-state index contributed by atoms with van der Waals surface area (Å²) < 4.78 is 27.3. The molecule has 0 unspecified atom stereocenters. The Balaban J connectivity index is 1.76. The highest BCUT2D eigenvalue weighted by Gasteiger charge is 2.23. The number of carbonyl (C=O) groups is 1. The highest BCUT2D eigenvalue weighted by Crippen LogP contribution is 2.19. The summed E-state index contributed by atoms with van der Waals surface area (Å²) in [6.07, 6.45) is 0.922. The van der Waals surface area contributed by atoms with Crippen LogP contribution in [0.4, 0.5) is 17.3 Å². The quantitative estimate of drug-likeness (QED) is 0.402. The third-order valence-corrected chi connectivity index (χ3v) is 5.02. The molecule has 0 bridgehead atoms. The van der Waals surface area contributed by atoms with Crippen molar-refractivity contribution in [3.63, 3.8) is 0 Å². The Morgan fingerprint density at radius 3 is 2.34 bits per heavy atom. The van der Waals surface area contributed by atoms with Crippen molar-refractivity contribution in [2.45, 2.75) is 18.7 Å². The van der Waals surface area contributed by atoms with Crippen molar-refractivity contribution < 1.29 is 18.1 Å². The molecule has 0 aliphatic carbocycles. The molecule has 0 atom stereocenters. The summed E-state index contributed by atoms with van der Waals surface area (Å²) in [6.45, 7) is 3.43. The Morgan fingerprint density at radius 1 is 1.14 bits per heavy atom. The fourth-order valence-electron chi connectivity index (χ4n) is 2.45. The summed E-state index contributed by atoms with van der Waals surface area (Å²) in [4.78, 5) is 30.3. The number of aryl methyl sites for hydroxylation is 2. The van der Waals surface area contributed by atoms with Crippen LogP contribution in [0.15, 0.2) is 41.4 Å². The minimum Gasteiger partial charge on any atom is -0.320 e. The van der Waals surface area contributed by atoms with Gasteiger partial charge in [0.05, 0.1) is 9.82 Å². The number of hydrogen-bond acceptors (Lipinski definition) is 8. The number of H-pyrrole nitrogens is 1. The largest absolute Gasteiger partial charge is 0.320 e. The van der Waals surface area contributed by atoms with Gasteiger partial charge >= 0.3 is 5.69 Å². The lowest BCUT2D eigenvalue weighted by atomic mass is 10.3. The van der Waals surface area contributed by atoms with Gasteiger partial charge in [-0.2, -0.15) is 5.10 Å². The van der Waals surface area contributed by atoms with Gasteiger partial charge in [0.1, 0.15) is 6.20 Å². The van der Waals surface area contributed by atoms with Gasteiger partial charge in [0.2, 0.25) is 11.6 Å². The minimum absolute atomic E-state index is 0.0496. The van der Waals surface area contributed by atoms with Crippen LogP contribution < -0.4 is 10.0 Å². The summed E-state index contributed by atoms with van der Waals surface area (Å²) in [5.41, 5.74) is 0.669. The van der Waals surface area contributed by atoms with Gasteiger partial charge in [0.15, 0.2) is 0 Å². The van der Waals surface area contributed by atoms with E-state index in [2.05, 4.69) is 30.2 Å². The molecular weight excluding hydrogens is 402 g/mol. The minimum atomic E-state index is -3.95. The van der Waals surface area contributed by atoms with E-state index in [1.807, 2.05) is 0 Å². The van der Waals surface area contributed by atoms with Gasteiger partial charge in [0.25, 0.3) is 15.9 Å². The second-order valence-electron chi connectivity index (χ2n) is 5.95. The number of nitrogens with one attached hydrogen (secondary N) is 3. The van der Waals surface area contributed by atoms with E-state index in [0.29, 0.717) is 11.4 Å². The van der Waals surface area contributed by atoms with Gasteiger partial charge in [-0.1, -0.05) is 0 Å². The third-order valence-electron chi connectivity index (χ3n) is 3.67. The van der Waals surface area contributed by atoms with Gasteiger partial charge in [-0.15, -0.1) is 0 Å². The molecule has 12 nitrogen and oxygen atoms in total. The molecule has 3 aromatic rings. The molecule has 3 rings (SSSR count). The number of anilines is 2. The van der Waals surface area contributed by atoms with Crippen LogP contribution in [-0.4, -0.2) is 39.4 Å². The molecule has 0 spiro atoms. The summed E-state index contributed by atoms with van der Waals surface area (Å²) in [7, 11) is -3.95. The van der Waals surface area contributed by atoms with E-state index in [9.17, 15) is 23.3 Å². The number of carbonyl (C=O) groups excluding carboxylic acids is 1. The predicted octanol–water partition coefficient (Wildman–Crippen LogP) is 1.78. The maximum absolute atomic E-state index is 12.5. The fraction of sp³-hybridized carbons (Fsp3) is 0.125. The normalized spacial score (nSPS) is 11.1. The van der Waals surface area contributed by atoms with Crippen molar-refractivity contribution in [3.8, 4) is 0 Å². The SMILES string of the molecule is Cc1cc(C)nc(NS(=O)(=O)c2ccc(NC(=O)c3[nH]ncc3[N+](=O)[O-])cc2)n1. The van der Waals surface area contributed by atoms with Crippen molar-refractivity contribution in [1.29, 1.82) is 0 Å². The second kappa shape index (κ2) is 7.63. The fourth-order valence-corrected chi connectivity index (χ4v) is 3.39.